The van der Waals surface area contributed by atoms with E-state index >= 15 is 0 Å². The molecule has 0 radical (unpaired) electrons. The standard InChI is InChI=1S/C8H7ClN4/c9-6-4-2-1-3-5(6)7-11-8(10)13-12-7/h1-4H,(H3,10,11,12,13). The van der Waals surface area contributed by atoms with Gasteiger partial charge in [0.15, 0.2) is 5.82 Å². The molecule has 13 heavy (non-hydrogen) atoms. The lowest BCUT2D eigenvalue weighted by molar-refractivity contribution is 1.10. The topological polar surface area (TPSA) is 67.6 Å². The summed E-state index contributed by atoms with van der Waals surface area (Å²) in [5.74, 6) is 0.804. The lowest BCUT2D eigenvalue weighted by Crippen LogP contribution is -1.85. The van der Waals surface area contributed by atoms with E-state index in [1.165, 1.54) is 0 Å². The van der Waals surface area contributed by atoms with E-state index in [-0.39, 0.29) is 5.95 Å². The Hall–Kier alpha value is -1.55. The second kappa shape index (κ2) is 3.06. The first-order valence-corrected chi connectivity index (χ1v) is 4.08. The molecule has 1 aromatic carbocycles. The van der Waals surface area contributed by atoms with Crippen molar-refractivity contribution in [1.82, 2.24) is 15.2 Å². The summed E-state index contributed by atoms with van der Waals surface area (Å²) in [6.45, 7) is 0. The van der Waals surface area contributed by atoms with Gasteiger partial charge in [0.25, 0.3) is 0 Å². The van der Waals surface area contributed by atoms with Crippen LogP contribution in [0.25, 0.3) is 11.4 Å². The highest BCUT2D eigenvalue weighted by atomic mass is 35.5. The Labute approximate surface area is 79.7 Å². The van der Waals surface area contributed by atoms with Crippen LogP contribution in [0.15, 0.2) is 24.3 Å². The largest absolute Gasteiger partial charge is 0.368 e. The molecule has 0 bridgehead atoms. The van der Waals surface area contributed by atoms with Crippen LogP contribution >= 0.6 is 11.6 Å². The summed E-state index contributed by atoms with van der Waals surface area (Å²) in [7, 11) is 0. The van der Waals surface area contributed by atoms with E-state index in [0.717, 1.165) is 5.56 Å². The smallest absolute Gasteiger partial charge is 0.216 e. The fourth-order valence-corrected chi connectivity index (χ4v) is 1.26. The molecule has 0 atom stereocenters. The van der Waals surface area contributed by atoms with Gasteiger partial charge in [0, 0.05) is 5.56 Å². The van der Waals surface area contributed by atoms with Crippen LogP contribution in [-0.2, 0) is 0 Å². The van der Waals surface area contributed by atoms with Crippen molar-refractivity contribution in [3.05, 3.63) is 29.3 Å². The second-order valence-corrected chi connectivity index (χ2v) is 2.93. The Bertz CT molecular complexity index is 424. The monoisotopic (exact) mass is 194 g/mol. The van der Waals surface area contributed by atoms with Crippen molar-refractivity contribution in [3.8, 4) is 11.4 Å². The summed E-state index contributed by atoms with van der Waals surface area (Å²) >= 11 is 5.93. The molecular weight excluding hydrogens is 188 g/mol. The maximum atomic E-state index is 5.93. The van der Waals surface area contributed by atoms with Crippen LogP contribution < -0.4 is 5.73 Å². The zero-order valence-electron chi connectivity index (χ0n) is 6.66. The molecule has 5 heteroatoms. The van der Waals surface area contributed by atoms with Gasteiger partial charge in [-0.15, -0.1) is 0 Å². The molecule has 0 fully saturated rings. The Morgan fingerprint density at radius 3 is 2.69 bits per heavy atom. The van der Waals surface area contributed by atoms with E-state index in [4.69, 9.17) is 17.3 Å². The van der Waals surface area contributed by atoms with Crippen LogP contribution in [0.2, 0.25) is 5.02 Å². The van der Waals surface area contributed by atoms with Crippen LogP contribution in [0.4, 0.5) is 5.95 Å². The molecule has 0 unspecified atom stereocenters. The minimum Gasteiger partial charge on any atom is -0.368 e. The van der Waals surface area contributed by atoms with Crippen molar-refractivity contribution in [1.29, 1.82) is 0 Å². The van der Waals surface area contributed by atoms with E-state index in [0.29, 0.717) is 10.8 Å². The number of hydrogen-bond acceptors (Lipinski definition) is 3. The first kappa shape index (κ1) is 8.07. The molecule has 1 heterocycles. The minimum atomic E-state index is 0.287. The molecule has 0 aliphatic carbocycles. The number of hydrogen-bond donors (Lipinski definition) is 2. The number of aromatic nitrogens is 3. The van der Waals surface area contributed by atoms with Crippen molar-refractivity contribution < 1.29 is 0 Å². The van der Waals surface area contributed by atoms with Gasteiger partial charge in [0.05, 0.1) is 5.02 Å². The van der Waals surface area contributed by atoms with Crippen molar-refractivity contribution in [2.75, 3.05) is 5.73 Å². The molecule has 1 aromatic heterocycles. The van der Waals surface area contributed by atoms with Crippen molar-refractivity contribution in [2.45, 2.75) is 0 Å². The predicted octanol–water partition coefficient (Wildman–Crippen LogP) is 1.71. The Balaban J connectivity index is 2.52. The number of anilines is 1. The second-order valence-electron chi connectivity index (χ2n) is 2.52. The lowest BCUT2D eigenvalue weighted by Gasteiger charge is -1.96. The normalized spacial score (nSPS) is 10.2. The molecule has 0 saturated heterocycles. The summed E-state index contributed by atoms with van der Waals surface area (Å²) in [6.07, 6.45) is 0. The maximum Gasteiger partial charge on any atom is 0.216 e. The van der Waals surface area contributed by atoms with Gasteiger partial charge >= 0.3 is 0 Å². The Kier molecular flexibility index (Phi) is 1.90. The van der Waals surface area contributed by atoms with Gasteiger partial charge in [-0.05, 0) is 12.1 Å². The Morgan fingerprint density at radius 2 is 2.08 bits per heavy atom. The zero-order valence-corrected chi connectivity index (χ0v) is 7.42. The van der Waals surface area contributed by atoms with Crippen molar-refractivity contribution in [2.24, 2.45) is 0 Å². The number of halogens is 1. The molecule has 0 amide bonds. The van der Waals surface area contributed by atoms with Crippen molar-refractivity contribution >= 4 is 17.5 Å². The Morgan fingerprint density at radius 1 is 1.31 bits per heavy atom. The van der Waals surface area contributed by atoms with Crippen LogP contribution in [0.5, 0.6) is 0 Å². The van der Waals surface area contributed by atoms with E-state index in [1.54, 1.807) is 6.07 Å². The first-order valence-electron chi connectivity index (χ1n) is 3.70. The molecule has 2 aromatic rings. The lowest BCUT2D eigenvalue weighted by atomic mass is 10.2. The highest BCUT2D eigenvalue weighted by Gasteiger charge is 2.06. The van der Waals surface area contributed by atoms with Crippen LogP contribution in [0.3, 0.4) is 0 Å². The molecule has 0 spiro atoms. The summed E-state index contributed by atoms with van der Waals surface area (Å²) in [6, 6.07) is 7.34. The molecule has 66 valence electrons. The SMILES string of the molecule is Nc1nc(-c2ccccc2Cl)n[nH]1. The van der Waals surface area contributed by atoms with Gasteiger partial charge in [0.1, 0.15) is 0 Å². The first-order chi connectivity index (χ1) is 6.27. The van der Waals surface area contributed by atoms with E-state index < -0.39 is 0 Å². The third kappa shape index (κ3) is 1.48. The van der Waals surface area contributed by atoms with E-state index in [9.17, 15) is 0 Å². The number of rotatable bonds is 1. The van der Waals surface area contributed by atoms with Gasteiger partial charge < -0.3 is 5.73 Å². The molecule has 4 nitrogen and oxygen atoms in total. The van der Waals surface area contributed by atoms with Gasteiger partial charge in [-0.1, -0.05) is 23.7 Å². The molecule has 0 aliphatic heterocycles. The number of nitrogens with one attached hydrogen (secondary N) is 1. The van der Waals surface area contributed by atoms with Gasteiger partial charge in [-0.2, -0.15) is 10.1 Å². The highest BCUT2D eigenvalue weighted by Crippen LogP contribution is 2.24. The fraction of sp³-hybridized carbons (Fsp3) is 0. The molecule has 0 saturated carbocycles. The van der Waals surface area contributed by atoms with Gasteiger partial charge in [-0.3, -0.25) is 0 Å². The molecule has 0 aliphatic rings. The number of H-pyrrole nitrogens is 1. The van der Waals surface area contributed by atoms with Crippen LogP contribution in [-0.4, -0.2) is 15.2 Å². The quantitative estimate of drug-likeness (QED) is 0.726. The maximum absolute atomic E-state index is 5.93. The van der Waals surface area contributed by atoms with Crippen molar-refractivity contribution in [3.63, 3.8) is 0 Å². The van der Waals surface area contributed by atoms with E-state index in [2.05, 4.69) is 15.2 Å². The van der Waals surface area contributed by atoms with Crippen LogP contribution in [0.1, 0.15) is 0 Å². The highest BCUT2D eigenvalue weighted by molar-refractivity contribution is 6.33. The number of nitrogen functional groups attached to an aromatic ring is 1. The summed E-state index contributed by atoms with van der Waals surface area (Å²) in [4.78, 5) is 3.97. The molecular formula is C8H7ClN4. The number of aromatic amines is 1. The zero-order chi connectivity index (χ0) is 9.26. The van der Waals surface area contributed by atoms with Crippen LogP contribution in [0, 0.1) is 0 Å². The summed E-state index contributed by atoms with van der Waals surface area (Å²) in [5, 5.41) is 7.07. The number of benzene rings is 1. The third-order valence-corrected chi connectivity index (χ3v) is 1.95. The molecule has 2 rings (SSSR count). The number of nitrogens with two attached hydrogens (primary N) is 1. The predicted molar refractivity (Wildman–Crippen MR) is 51.2 cm³/mol. The average molecular weight is 195 g/mol. The average Bonchev–Trinajstić information content (AvgIpc) is 2.53. The van der Waals surface area contributed by atoms with Gasteiger partial charge in [0.2, 0.25) is 5.95 Å². The van der Waals surface area contributed by atoms with Gasteiger partial charge in [-0.25, -0.2) is 5.10 Å². The summed E-state index contributed by atoms with van der Waals surface area (Å²) in [5.41, 5.74) is 6.17. The molecule has 3 N–H and O–H groups in total. The minimum absolute atomic E-state index is 0.287. The summed E-state index contributed by atoms with van der Waals surface area (Å²) < 4.78 is 0. The number of nitrogens with zero attached hydrogens (tertiary/aromatic N) is 2. The van der Waals surface area contributed by atoms with E-state index in [1.807, 2.05) is 18.2 Å². The third-order valence-electron chi connectivity index (χ3n) is 1.62. The fourth-order valence-electron chi connectivity index (χ4n) is 1.04.